The summed E-state index contributed by atoms with van der Waals surface area (Å²) in [6.45, 7) is 0. The van der Waals surface area contributed by atoms with Crippen LogP contribution in [0.25, 0.3) is 10.2 Å². The van der Waals surface area contributed by atoms with E-state index in [0.29, 0.717) is 10.2 Å². The van der Waals surface area contributed by atoms with Gasteiger partial charge in [0.1, 0.15) is 5.82 Å². The Morgan fingerprint density at radius 3 is 2.33 bits per heavy atom. The lowest BCUT2D eigenvalue weighted by Crippen LogP contribution is -2.12. The highest BCUT2D eigenvalue weighted by atomic mass is 32.2. The summed E-state index contributed by atoms with van der Waals surface area (Å²) >= 11 is 0.959. The monoisotopic (exact) mass is 386 g/mol. The summed E-state index contributed by atoms with van der Waals surface area (Å²) in [5.74, 6) is -0.534. The first-order valence-electron chi connectivity index (χ1n) is 6.54. The fourth-order valence-corrected chi connectivity index (χ4v) is 4.88. The predicted molar refractivity (Wildman–Crippen MR) is 89.9 cm³/mol. The third kappa shape index (κ3) is 3.40. The second-order valence-corrected chi connectivity index (χ2v) is 9.90. The number of hydrogen-bond donors (Lipinski definition) is 1. The van der Waals surface area contributed by atoms with Gasteiger partial charge in [0.15, 0.2) is 0 Å². The number of rotatable bonds is 4. The highest BCUT2D eigenvalue weighted by Gasteiger charge is 2.17. The number of nitrogens with one attached hydrogen (secondary N) is 1. The summed E-state index contributed by atoms with van der Waals surface area (Å²) in [4.78, 5) is 3.92. The molecule has 0 spiro atoms. The number of nitrogens with zero attached hydrogens (tertiary/aromatic N) is 1. The van der Waals surface area contributed by atoms with Crippen molar-refractivity contribution >= 4 is 47.1 Å². The molecule has 0 aliphatic carbocycles. The fourth-order valence-electron chi connectivity index (χ4n) is 1.95. The minimum Gasteiger partial charge on any atom is -0.280 e. The van der Waals surface area contributed by atoms with Gasteiger partial charge in [0.05, 0.1) is 20.8 Å². The molecular weight excluding hydrogens is 375 g/mol. The lowest BCUT2D eigenvalue weighted by molar-refractivity contribution is 0.598. The van der Waals surface area contributed by atoms with Crippen molar-refractivity contribution in [3.8, 4) is 0 Å². The van der Waals surface area contributed by atoms with Gasteiger partial charge < -0.3 is 0 Å². The smallest absolute Gasteiger partial charge is 0.261 e. The Morgan fingerprint density at radius 2 is 1.71 bits per heavy atom. The van der Waals surface area contributed by atoms with Crippen LogP contribution in [0.15, 0.2) is 51.7 Å². The molecule has 0 fully saturated rings. The Labute approximate surface area is 141 Å². The van der Waals surface area contributed by atoms with Crippen LogP contribution in [-0.4, -0.2) is 28.1 Å². The number of hydrogen-bond acceptors (Lipinski definition) is 6. The number of anilines is 1. The van der Waals surface area contributed by atoms with Gasteiger partial charge in [-0.2, -0.15) is 0 Å². The molecule has 0 amide bonds. The number of fused-ring (bicyclic) bond motifs is 1. The molecule has 0 unspecified atom stereocenters. The fraction of sp³-hybridized carbons (Fsp3) is 0.0714. The second kappa shape index (κ2) is 5.80. The topological polar surface area (TPSA) is 93.2 Å². The van der Waals surface area contributed by atoms with E-state index < -0.39 is 25.7 Å². The molecule has 0 saturated heterocycles. The van der Waals surface area contributed by atoms with Crippen molar-refractivity contribution < 1.29 is 21.2 Å². The molecule has 0 radical (unpaired) electrons. The number of sulfone groups is 1. The van der Waals surface area contributed by atoms with Gasteiger partial charge in [-0.1, -0.05) is 0 Å². The van der Waals surface area contributed by atoms with Crippen LogP contribution >= 0.6 is 11.3 Å². The Bertz CT molecular complexity index is 1120. The maximum Gasteiger partial charge on any atom is 0.261 e. The second-order valence-electron chi connectivity index (χ2n) is 4.99. The largest absolute Gasteiger partial charge is 0.280 e. The minimum atomic E-state index is -3.87. The standard InChI is InChI=1S/C14H11FN2O4S3/c1-23(18,19)14-16-12-7-4-10(8-13(12)22-14)17-24(20,21)11-5-2-9(15)3-6-11/h2-8,17H,1H3. The number of aromatic nitrogens is 1. The van der Waals surface area contributed by atoms with Gasteiger partial charge in [0.2, 0.25) is 14.2 Å². The molecule has 1 aromatic heterocycles. The van der Waals surface area contributed by atoms with Gasteiger partial charge in [-0.05, 0) is 42.5 Å². The maximum atomic E-state index is 12.9. The van der Waals surface area contributed by atoms with E-state index in [1.54, 1.807) is 0 Å². The van der Waals surface area contributed by atoms with E-state index in [1.807, 2.05) is 0 Å². The van der Waals surface area contributed by atoms with Crippen molar-refractivity contribution in [3.05, 3.63) is 48.3 Å². The van der Waals surface area contributed by atoms with E-state index in [9.17, 15) is 21.2 Å². The van der Waals surface area contributed by atoms with Crippen LogP contribution in [0.2, 0.25) is 0 Å². The van der Waals surface area contributed by atoms with Gasteiger partial charge in [-0.3, -0.25) is 4.72 Å². The molecule has 2 aromatic carbocycles. The van der Waals surface area contributed by atoms with Crippen molar-refractivity contribution in [2.75, 3.05) is 11.0 Å². The lowest BCUT2D eigenvalue weighted by Gasteiger charge is -2.07. The van der Waals surface area contributed by atoms with Crippen molar-refractivity contribution in [1.29, 1.82) is 0 Å². The first-order valence-corrected chi connectivity index (χ1v) is 10.7. The van der Waals surface area contributed by atoms with Crippen molar-refractivity contribution in [3.63, 3.8) is 0 Å². The average Bonchev–Trinajstić information content (AvgIpc) is 2.90. The van der Waals surface area contributed by atoms with E-state index in [-0.39, 0.29) is 14.9 Å². The summed E-state index contributed by atoms with van der Waals surface area (Å²) in [5, 5.41) is 0. The molecule has 1 N–H and O–H groups in total. The Balaban J connectivity index is 1.96. The molecule has 3 rings (SSSR count). The molecule has 126 valence electrons. The molecule has 6 nitrogen and oxygen atoms in total. The zero-order valence-corrected chi connectivity index (χ0v) is 14.7. The number of thiazole rings is 1. The third-order valence-corrected chi connectivity index (χ3v) is 7.16. The molecule has 0 aliphatic heterocycles. The van der Waals surface area contributed by atoms with Crippen LogP contribution in [0.1, 0.15) is 0 Å². The van der Waals surface area contributed by atoms with Crippen LogP contribution in [0.3, 0.4) is 0 Å². The van der Waals surface area contributed by atoms with E-state index >= 15 is 0 Å². The van der Waals surface area contributed by atoms with Crippen LogP contribution in [-0.2, 0) is 19.9 Å². The van der Waals surface area contributed by atoms with Crippen LogP contribution < -0.4 is 4.72 Å². The van der Waals surface area contributed by atoms with E-state index in [4.69, 9.17) is 0 Å². The normalized spacial score (nSPS) is 12.4. The molecule has 0 saturated carbocycles. The number of sulfonamides is 1. The Hall–Kier alpha value is -2.04. The molecule has 0 atom stereocenters. The van der Waals surface area contributed by atoms with Crippen LogP contribution in [0.4, 0.5) is 10.1 Å². The quantitative estimate of drug-likeness (QED) is 0.744. The molecule has 1 heterocycles. The summed E-state index contributed by atoms with van der Waals surface area (Å²) in [5.41, 5.74) is 0.723. The lowest BCUT2D eigenvalue weighted by atomic mass is 10.3. The molecule has 10 heteroatoms. The van der Waals surface area contributed by atoms with Crippen LogP contribution in [0.5, 0.6) is 0 Å². The minimum absolute atomic E-state index is 0.0314. The first kappa shape index (κ1) is 16.8. The van der Waals surface area contributed by atoms with Gasteiger partial charge >= 0.3 is 0 Å². The van der Waals surface area contributed by atoms with Crippen LogP contribution in [0, 0.1) is 5.82 Å². The first-order chi connectivity index (χ1) is 11.1. The summed E-state index contributed by atoms with van der Waals surface area (Å²) in [6, 6.07) is 8.94. The van der Waals surface area contributed by atoms with Gasteiger partial charge in [-0.25, -0.2) is 26.2 Å². The van der Waals surface area contributed by atoms with Crippen molar-refractivity contribution in [2.45, 2.75) is 9.24 Å². The van der Waals surface area contributed by atoms with Gasteiger partial charge in [-0.15, -0.1) is 11.3 Å². The van der Waals surface area contributed by atoms with Crippen molar-refractivity contribution in [2.24, 2.45) is 0 Å². The zero-order valence-electron chi connectivity index (χ0n) is 12.2. The molecule has 0 bridgehead atoms. The maximum absolute atomic E-state index is 12.9. The zero-order chi connectivity index (χ0) is 17.5. The van der Waals surface area contributed by atoms with Gasteiger partial charge in [0, 0.05) is 6.26 Å². The number of benzene rings is 2. The highest BCUT2D eigenvalue weighted by molar-refractivity contribution is 7.93. The van der Waals surface area contributed by atoms with Crippen molar-refractivity contribution in [1.82, 2.24) is 4.98 Å². The Kier molecular flexibility index (Phi) is 4.06. The van der Waals surface area contributed by atoms with E-state index in [1.165, 1.54) is 18.2 Å². The molecule has 3 aromatic rings. The van der Waals surface area contributed by atoms with Gasteiger partial charge in [0.25, 0.3) is 10.0 Å². The molecule has 24 heavy (non-hydrogen) atoms. The highest BCUT2D eigenvalue weighted by Crippen LogP contribution is 2.28. The Morgan fingerprint density at radius 1 is 1.04 bits per heavy atom. The summed E-state index contributed by atoms with van der Waals surface area (Å²) in [7, 11) is -7.30. The van der Waals surface area contributed by atoms with E-state index in [2.05, 4.69) is 9.71 Å². The van der Waals surface area contributed by atoms with E-state index in [0.717, 1.165) is 41.9 Å². The third-order valence-electron chi connectivity index (χ3n) is 3.06. The average molecular weight is 386 g/mol. The number of halogens is 1. The summed E-state index contributed by atoms with van der Waals surface area (Å²) < 4.78 is 63.4. The predicted octanol–water partition coefficient (Wildman–Crippen LogP) is 2.64. The molecular formula is C14H11FN2O4S3. The summed E-state index contributed by atoms with van der Waals surface area (Å²) in [6.07, 6.45) is 1.06. The SMILES string of the molecule is CS(=O)(=O)c1nc2ccc(NS(=O)(=O)c3ccc(F)cc3)cc2s1. The molecule has 0 aliphatic rings.